The fourth-order valence-corrected chi connectivity index (χ4v) is 3.18. The summed E-state index contributed by atoms with van der Waals surface area (Å²) in [4.78, 5) is 2.50. The van der Waals surface area contributed by atoms with Crippen LogP contribution in [0.4, 0.5) is 0 Å². The van der Waals surface area contributed by atoms with E-state index in [-0.39, 0.29) is 6.04 Å². The Kier molecular flexibility index (Phi) is 4.66. The number of ether oxygens (including phenoxy) is 2. The molecule has 0 bridgehead atoms. The summed E-state index contributed by atoms with van der Waals surface area (Å²) in [5.74, 6) is 2.51. The minimum absolute atomic E-state index is 0.0363. The topological polar surface area (TPSA) is 47.7 Å². The zero-order valence-electron chi connectivity index (χ0n) is 12.9. The predicted molar refractivity (Wildman–Crippen MR) is 83.8 cm³/mol. The van der Waals surface area contributed by atoms with E-state index in [1.165, 1.54) is 32.4 Å². The van der Waals surface area contributed by atoms with E-state index in [0.717, 1.165) is 29.5 Å². The molecule has 0 aromatic heterocycles. The zero-order valence-corrected chi connectivity index (χ0v) is 12.9. The maximum absolute atomic E-state index is 6.41. The molecule has 0 saturated carbocycles. The minimum atomic E-state index is 0.0363. The van der Waals surface area contributed by atoms with Crippen LogP contribution >= 0.6 is 0 Å². The van der Waals surface area contributed by atoms with Gasteiger partial charge in [-0.05, 0) is 56.0 Å². The van der Waals surface area contributed by atoms with Crippen LogP contribution in [0, 0.1) is 5.92 Å². The van der Waals surface area contributed by atoms with Crippen molar-refractivity contribution in [3.63, 3.8) is 0 Å². The maximum atomic E-state index is 6.41. The summed E-state index contributed by atoms with van der Waals surface area (Å²) in [5.41, 5.74) is 7.54. The summed E-state index contributed by atoms with van der Waals surface area (Å²) in [6.45, 7) is 6.86. The van der Waals surface area contributed by atoms with Crippen LogP contribution in [0.2, 0.25) is 0 Å². The van der Waals surface area contributed by atoms with Gasteiger partial charge in [-0.15, -0.1) is 0 Å². The Morgan fingerprint density at radius 1 is 1.19 bits per heavy atom. The quantitative estimate of drug-likeness (QED) is 0.929. The minimum Gasteiger partial charge on any atom is -0.486 e. The molecule has 2 aliphatic rings. The maximum Gasteiger partial charge on any atom is 0.161 e. The molecule has 0 radical (unpaired) electrons. The number of nitrogens with two attached hydrogens (primary N) is 1. The summed E-state index contributed by atoms with van der Waals surface area (Å²) in [7, 11) is 0. The Morgan fingerprint density at radius 2 is 2.00 bits per heavy atom. The summed E-state index contributed by atoms with van der Waals surface area (Å²) in [5, 5.41) is 0. The van der Waals surface area contributed by atoms with Gasteiger partial charge in [0.2, 0.25) is 0 Å². The first-order valence-electron chi connectivity index (χ1n) is 8.10. The lowest BCUT2D eigenvalue weighted by Gasteiger charge is -2.25. The van der Waals surface area contributed by atoms with E-state index >= 15 is 0 Å². The molecule has 2 atom stereocenters. The molecular weight excluding hydrogens is 264 g/mol. The van der Waals surface area contributed by atoms with E-state index < -0.39 is 0 Å². The molecule has 2 aliphatic heterocycles. The summed E-state index contributed by atoms with van der Waals surface area (Å²) >= 11 is 0. The van der Waals surface area contributed by atoms with Gasteiger partial charge in [-0.3, -0.25) is 0 Å². The van der Waals surface area contributed by atoms with Gasteiger partial charge in [-0.25, -0.2) is 0 Å². The fraction of sp³-hybridized carbons (Fsp3) is 0.647. The van der Waals surface area contributed by atoms with Crippen molar-refractivity contribution in [3.8, 4) is 11.5 Å². The van der Waals surface area contributed by atoms with E-state index in [1.54, 1.807) is 0 Å². The Labute approximate surface area is 127 Å². The molecule has 4 nitrogen and oxygen atoms in total. The first-order chi connectivity index (χ1) is 10.2. The third kappa shape index (κ3) is 3.69. The van der Waals surface area contributed by atoms with Crippen molar-refractivity contribution >= 4 is 0 Å². The highest BCUT2D eigenvalue weighted by atomic mass is 16.6. The largest absolute Gasteiger partial charge is 0.486 e. The van der Waals surface area contributed by atoms with Gasteiger partial charge in [0.25, 0.3) is 0 Å². The van der Waals surface area contributed by atoms with Gasteiger partial charge in [0, 0.05) is 12.6 Å². The lowest BCUT2D eigenvalue weighted by molar-refractivity contribution is 0.171. The van der Waals surface area contributed by atoms with Crippen molar-refractivity contribution in [3.05, 3.63) is 23.8 Å². The molecule has 21 heavy (non-hydrogen) atoms. The van der Waals surface area contributed by atoms with Crippen molar-refractivity contribution in [1.82, 2.24) is 4.90 Å². The molecule has 4 heteroatoms. The second-order valence-electron chi connectivity index (χ2n) is 6.35. The Balaban J connectivity index is 1.63. The van der Waals surface area contributed by atoms with Crippen LogP contribution in [0.5, 0.6) is 11.5 Å². The van der Waals surface area contributed by atoms with Crippen LogP contribution < -0.4 is 15.2 Å². The molecule has 2 unspecified atom stereocenters. The first kappa shape index (κ1) is 14.7. The number of fused-ring (bicyclic) bond motifs is 1. The van der Waals surface area contributed by atoms with Crippen LogP contribution in [0.25, 0.3) is 0 Å². The van der Waals surface area contributed by atoms with Gasteiger partial charge < -0.3 is 20.1 Å². The summed E-state index contributed by atoms with van der Waals surface area (Å²) in [6.07, 6.45) is 3.92. The van der Waals surface area contributed by atoms with Gasteiger partial charge in [0.05, 0.1) is 0 Å². The van der Waals surface area contributed by atoms with Crippen molar-refractivity contribution in [2.75, 3.05) is 32.8 Å². The van der Waals surface area contributed by atoms with Gasteiger partial charge in [0.15, 0.2) is 11.5 Å². The second-order valence-corrected chi connectivity index (χ2v) is 6.35. The Bertz CT molecular complexity index is 478. The molecule has 0 spiro atoms. The third-order valence-electron chi connectivity index (χ3n) is 4.56. The monoisotopic (exact) mass is 290 g/mol. The van der Waals surface area contributed by atoms with E-state index in [0.29, 0.717) is 13.2 Å². The van der Waals surface area contributed by atoms with Crippen molar-refractivity contribution in [2.24, 2.45) is 11.7 Å². The number of rotatable bonds is 3. The summed E-state index contributed by atoms with van der Waals surface area (Å²) < 4.78 is 11.2. The van der Waals surface area contributed by atoms with Gasteiger partial charge >= 0.3 is 0 Å². The predicted octanol–water partition coefficient (Wildman–Crippen LogP) is 2.58. The van der Waals surface area contributed by atoms with E-state index in [2.05, 4.69) is 17.9 Å². The van der Waals surface area contributed by atoms with Crippen LogP contribution in [-0.2, 0) is 0 Å². The standard InChI is InChI=1S/C17H26N2O2/c1-13-3-2-7-19(8-6-13)12-15(18)14-4-5-16-17(11-14)21-10-9-20-16/h4-5,11,13,15H,2-3,6-10,12,18H2,1H3. The van der Waals surface area contributed by atoms with E-state index in [1.807, 2.05) is 12.1 Å². The molecular formula is C17H26N2O2. The highest BCUT2D eigenvalue weighted by Crippen LogP contribution is 2.32. The van der Waals surface area contributed by atoms with E-state index in [4.69, 9.17) is 15.2 Å². The van der Waals surface area contributed by atoms with Crippen LogP contribution in [0.1, 0.15) is 37.8 Å². The fourth-order valence-electron chi connectivity index (χ4n) is 3.18. The number of benzene rings is 1. The Morgan fingerprint density at radius 3 is 2.86 bits per heavy atom. The van der Waals surface area contributed by atoms with Gasteiger partial charge in [-0.2, -0.15) is 0 Å². The molecule has 1 aromatic rings. The van der Waals surface area contributed by atoms with Crippen molar-refractivity contribution in [1.29, 1.82) is 0 Å². The van der Waals surface area contributed by atoms with Crippen LogP contribution in [0.15, 0.2) is 18.2 Å². The molecule has 1 fully saturated rings. The number of hydrogen-bond acceptors (Lipinski definition) is 4. The molecule has 0 aliphatic carbocycles. The second kappa shape index (κ2) is 6.67. The highest BCUT2D eigenvalue weighted by molar-refractivity contribution is 5.44. The van der Waals surface area contributed by atoms with Crippen molar-refractivity contribution in [2.45, 2.75) is 32.2 Å². The molecule has 2 N–H and O–H groups in total. The smallest absolute Gasteiger partial charge is 0.161 e. The van der Waals surface area contributed by atoms with E-state index in [9.17, 15) is 0 Å². The zero-order chi connectivity index (χ0) is 14.7. The average Bonchev–Trinajstić information content (AvgIpc) is 2.71. The highest BCUT2D eigenvalue weighted by Gasteiger charge is 2.19. The molecule has 1 aromatic carbocycles. The first-order valence-corrected chi connectivity index (χ1v) is 8.10. The lowest BCUT2D eigenvalue weighted by atomic mass is 10.0. The number of nitrogens with zero attached hydrogens (tertiary/aromatic N) is 1. The molecule has 1 saturated heterocycles. The number of hydrogen-bond donors (Lipinski definition) is 1. The number of likely N-dealkylation sites (tertiary alicyclic amines) is 1. The molecule has 2 heterocycles. The van der Waals surface area contributed by atoms with Crippen LogP contribution in [0.3, 0.4) is 0 Å². The van der Waals surface area contributed by atoms with Crippen LogP contribution in [-0.4, -0.2) is 37.7 Å². The SMILES string of the molecule is CC1CCCN(CC(N)c2ccc3c(c2)OCCO3)CC1. The molecule has 116 valence electrons. The lowest BCUT2D eigenvalue weighted by Crippen LogP contribution is -2.33. The van der Waals surface area contributed by atoms with Gasteiger partial charge in [0.1, 0.15) is 13.2 Å². The normalized spacial score (nSPS) is 24.4. The third-order valence-corrected chi connectivity index (χ3v) is 4.56. The molecule has 3 rings (SSSR count). The Hall–Kier alpha value is -1.26. The average molecular weight is 290 g/mol. The molecule has 0 amide bonds. The summed E-state index contributed by atoms with van der Waals surface area (Å²) in [6, 6.07) is 6.13. The van der Waals surface area contributed by atoms with Gasteiger partial charge in [-0.1, -0.05) is 13.0 Å². The van der Waals surface area contributed by atoms with Crippen molar-refractivity contribution < 1.29 is 9.47 Å².